The van der Waals surface area contributed by atoms with Gasteiger partial charge in [-0.2, -0.15) is 5.26 Å². The van der Waals surface area contributed by atoms with Gasteiger partial charge in [0.05, 0.1) is 24.8 Å². The molecule has 1 heterocycles. The lowest BCUT2D eigenvalue weighted by Crippen LogP contribution is -2.48. The second kappa shape index (κ2) is 6.31. The largest absolute Gasteiger partial charge is 0.375 e. The topological polar surface area (TPSA) is 65.4 Å². The molecule has 2 unspecified atom stereocenters. The zero-order valence-electron chi connectivity index (χ0n) is 14.7. The number of fused-ring (bicyclic) bond motifs is 1. The van der Waals surface area contributed by atoms with E-state index in [4.69, 9.17) is 10.00 Å². The van der Waals surface area contributed by atoms with E-state index in [1.807, 2.05) is 0 Å². The maximum absolute atomic E-state index is 12.4. The van der Waals surface area contributed by atoms with Gasteiger partial charge in [0.1, 0.15) is 6.04 Å². The van der Waals surface area contributed by atoms with Crippen LogP contribution in [0.1, 0.15) is 58.3 Å². The van der Waals surface area contributed by atoms with Crippen LogP contribution in [0.3, 0.4) is 0 Å². The SMILES string of the molecule is CC1(NCC(=O)N2CCC[C@H]2C#N)C[C@H]2CC(OC3CC3)C[C@H]2C1. The van der Waals surface area contributed by atoms with E-state index in [1.54, 1.807) is 4.90 Å². The van der Waals surface area contributed by atoms with E-state index >= 15 is 0 Å². The van der Waals surface area contributed by atoms with E-state index in [0.717, 1.165) is 44.1 Å². The Hall–Kier alpha value is -1.12. The number of hydrogen-bond acceptors (Lipinski definition) is 4. The molecule has 132 valence electrons. The number of nitrogens with one attached hydrogen (secondary N) is 1. The van der Waals surface area contributed by atoms with Gasteiger partial charge in [-0.1, -0.05) is 0 Å². The molecule has 1 amide bonds. The quantitative estimate of drug-likeness (QED) is 0.839. The lowest BCUT2D eigenvalue weighted by atomic mass is 9.95. The van der Waals surface area contributed by atoms with Crippen LogP contribution in [0.2, 0.25) is 0 Å². The summed E-state index contributed by atoms with van der Waals surface area (Å²) in [6.45, 7) is 3.37. The van der Waals surface area contributed by atoms with Crippen LogP contribution < -0.4 is 5.32 Å². The van der Waals surface area contributed by atoms with Gasteiger partial charge in [-0.3, -0.25) is 4.79 Å². The predicted molar refractivity (Wildman–Crippen MR) is 90.1 cm³/mol. The van der Waals surface area contributed by atoms with Crippen molar-refractivity contribution in [2.24, 2.45) is 11.8 Å². The summed E-state index contributed by atoms with van der Waals surface area (Å²) < 4.78 is 6.10. The van der Waals surface area contributed by atoms with E-state index in [9.17, 15) is 4.79 Å². The molecule has 3 saturated carbocycles. The molecule has 3 aliphatic carbocycles. The van der Waals surface area contributed by atoms with Crippen molar-refractivity contribution >= 4 is 5.91 Å². The van der Waals surface area contributed by atoms with Crippen LogP contribution in [0.5, 0.6) is 0 Å². The normalized spacial score (nSPS) is 41.4. The Kier molecular flexibility index (Phi) is 4.30. The molecule has 4 fully saturated rings. The average molecular weight is 331 g/mol. The van der Waals surface area contributed by atoms with Gasteiger partial charge in [0.25, 0.3) is 0 Å². The van der Waals surface area contributed by atoms with Gasteiger partial charge in [-0.15, -0.1) is 0 Å². The number of nitriles is 1. The standard InChI is InChI=1S/C19H29N3O2/c1-19(21-12-18(23)22-6-2-3-15(22)11-20)9-13-7-17(8-14(13)10-19)24-16-4-5-16/h13-17,21H,2-10,12H2,1H3/t13-,14+,15-,17?,19?/m0/s1. The van der Waals surface area contributed by atoms with Gasteiger partial charge in [-0.05, 0) is 70.1 Å². The summed E-state index contributed by atoms with van der Waals surface area (Å²) in [6.07, 6.45) is 10.0. The van der Waals surface area contributed by atoms with Crippen LogP contribution in [0.4, 0.5) is 0 Å². The smallest absolute Gasteiger partial charge is 0.237 e. The molecule has 4 rings (SSSR count). The lowest BCUT2D eigenvalue weighted by Gasteiger charge is -2.29. The first kappa shape index (κ1) is 16.4. The summed E-state index contributed by atoms with van der Waals surface area (Å²) in [7, 11) is 0. The summed E-state index contributed by atoms with van der Waals surface area (Å²) in [5.41, 5.74) is 0.0669. The van der Waals surface area contributed by atoms with E-state index in [-0.39, 0.29) is 17.5 Å². The minimum absolute atomic E-state index is 0.0669. The molecule has 5 heteroatoms. The van der Waals surface area contributed by atoms with Crippen LogP contribution >= 0.6 is 0 Å². The van der Waals surface area contributed by atoms with Gasteiger partial charge in [0.15, 0.2) is 0 Å². The number of nitrogens with zero attached hydrogens (tertiary/aromatic N) is 2. The molecule has 0 aromatic rings. The first-order valence-electron chi connectivity index (χ1n) is 9.66. The fraction of sp³-hybridized carbons (Fsp3) is 0.895. The summed E-state index contributed by atoms with van der Waals surface area (Å²) in [5, 5.41) is 12.7. The van der Waals surface area contributed by atoms with Crippen LogP contribution in [0.15, 0.2) is 0 Å². The number of hydrogen-bond donors (Lipinski definition) is 1. The fourth-order valence-corrected chi connectivity index (χ4v) is 5.22. The highest BCUT2D eigenvalue weighted by molar-refractivity contribution is 5.79. The second-order valence-corrected chi connectivity index (χ2v) is 8.65. The first-order chi connectivity index (χ1) is 11.6. The van der Waals surface area contributed by atoms with Crippen molar-refractivity contribution in [2.75, 3.05) is 13.1 Å². The number of carbonyl (C=O) groups is 1. The van der Waals surface area contributed by atoms with Gasteiger partial charge < -0.3 is 15.0 Å². The summed E-state index contributed by atoms with van der Waals surface area (Å²) in [6, 6.07) is 2.04. The molecule has 5 atom stereocenters. The van der Waals surface area contributed by atoms with E-state index in [0.29, 0.717) is 18.8 Å². The molecule has 24 heavy (non-hydrogen) atoms. The molecule has 1 N–H and O–H groups in total. The third-order valence-electron chi connectivity index (χ3n) is 6.52. The summed E-state index contributed by atoms with van der Waals surface area (Å²) in [4.78, 5) is 14.2. The van der Waals surface area contributed by atoms with Gasteiger partial charge in [-0.25, -0.2) is 0 Å². The highest BCUT2D eigenvalue weighted by atomic mass is 16.5. The number of rotatable bonds is 5. The molecule has 0 radical (unpaired) electrons. The molecule has 1 aliphatic heterocycles. The van der Waals surface area contributed by atoms with Gasteiger partial charge >= 0.3 is 0 Å². The fourth-order valence-electron chi connectivity index (χ4n) is 5.22. The zero-order valence-corrected chi connectivity index (χ0v) is 14.7. The monoisotopic (exact) mass is 331 g/mol. The molecule has 0 aromatic heterocycles. The van der Waals surface area contributed by atoms with Crippen LogP contribution in [0, 0.1) is 23.2 Å². The lowest BCUT2D eigenvalue weighted by molar-refractivity contribution is -0.130. The molecule has 0 spiro atoms. The van der Waals surface area contributed by atoms with Crippen LogP contribution in [-0.2, 0) is 9.53 Å². The Morgan fingerprint density at radius 3 is 2.58 bits per heavy atom. The number of amides is 1. The predicted octanol–water partition coefficient (Wildman–Crippen LogP) is 2.22. The van der Waals surface area contributed by atoms with Crippen molar-refractivity contribution in [3.8, 4) is 6.07 Å². The van der Waals surface area contributed by atoms with Crippen LogP contribution in [0.25, 0.3) is 0 Å². The van der Waals surface area contributed by atoms with Crippen molar-refractivity contribution < 1.29 is 9.53 Å². The first-order valence-corrected chi connectivity index (χ1v) is 9.66. The van der Waals surface area contributed by atoms with E-state index in [1.165, 1.54) is 25.7 Å². The number of ether oxygens (including phenoxy) is 1. The van der Waals surface area contributed by atoms with Crippen molar-refractivity contribution in [1.82, 2.24) is 10.2 Å². The maximum Gasteiger partial charge on any atom is 0.237 e. The van der Waals surface area contributed by atoms with Gasteiger partial charge in [0.2, 0.25) is 5.91 Å². The minimum atomic E-state index is -0.213. The second-order valence-electron chi connectivity index (χ2n) is 8.65. The van der Waals surface area contributed by atoms with Crippen LogP contribution in [-0.4, -0.2) is 47.7 Å². The Bertz CT molecular complexity index is 525. The van der Waals surface area contributed by atoms with Crippen molar-refractivity contribution in [2.45, 2.75) is 82.1 Å². The Morgan fingerprint density at radius 2 is 1.96 bits per heavy atom. The highest BCUT2D eigenvalue weighted by Crippen LogP contribution is 2.50. The van der Waals surface area contributed by atoms with Crippen molar-refractivity contribution in [3.05, 3.63) is 0 Å². The third-order valence-corrected chi connectivity index (χ3v) is 6.52. The highest BCUT2D eigenvalue weighted by Gasteiger charge is 2.48. The number of likely N-dealkylation sites (tertiary alicyclic amines) is 1. The molecule has 0 aromatic carbocycles. The minimum Gasteiger partial charge on any atom is -0.375 e. The van der Waals surface area contributed by atoms with Gasteiger partial charge in [0, 0.05) is 12.1 Å². The third kappa shape index (κ3) is 3.32. The van der Waals surface area contributed by atoms with Crippen molar-refractivity contribution in [1.29, 1.82) is 5.26 Å². The van der Waals surface area contributed by atoms with Crippen molar-refractivity contribution in [3.63, 3.8) is 0 Å². The molecule has 5 nitrogen and oxygen atoms in total. The zero-order chi connectivity index (χ0) is 16.7. The average Bonchev–Trinajstić information content (AvgIpc) is 2.97. The molecule has 4 aliphatic rings. The molecule has 1 saturated heterocycles. The Balaban J connectivity index is 1.26. The Labute approximate surface area is 144 Å². The summed E-state index contributed by atoms with van der Waals surface area (Å²) in [5.74, 6) is 1.59. The maximum atomic E-state index is 12.4. The van der Waals surface area contributed by atoms with E-state index < -0.39 is 0 Å². The molecular weight excluding hydrogens is 302 g/mol. The molecule has 0 bridgehead atoms. The van der Waals surface area contributed by atoms with E-state index in [2.05, 4.69) is 18.3 Å². The molecular formula is C19H29N3O2. The number of carbonyl (C=O) groups excluding carboxylic acids is 1. The summed E-state index contributed by atoms with van der Waals surface area (Å²) >= 11 is 0. The Morgan fingerprint density at radius 1 is 1.25 bits per heavy atom.